The molecule has 200 valence electrons. The van der Waals surface area contributed by atoms with Crippen LogP contribution >= 0.6 is 11.8 Å². The van der Waals surface area contributed by atoms with Crippen molar-refractivity contribution in [1.82, 2.24) is 14.8 Å². The highest BCUT2D eigenvalue weighted by atomic mass is 32.2. The van der Waals surface area contributed by atoms with Crippen LogP contribution in [0.15, 0.2) is 89.1 Å². The predicted molar refractivity (Wildman–Crippen MR) is 157 cm³/mol. The summed E-state index contributed by atoms with van der Waals surface area (Å²) in [5.41, 5.74) is 7.17. The number of hydrogen-bond donors (Lipinski definition) is 1. The van der Waals surface area contributed by atoms with Gasteiger partial charge in [0.05, 0.1) is 5.69 Å². The van der Waals surface area contributed by atoms with Gasteiger partial charge in [0.25, 0.3) is 0 Å². The van der Waals surface area contributed by atoms with Crippen molar-refractivity contribution in [3.63, 3.8) is 0 Å². The number of rotatable bonds is 9. The van der Waals surface area contributed by atoms with Gasteiger partial charge in [-0.25, -0.2) is 0 Å². The SMILES string of the molecule is CC(=O)/C(=N\Nc1cccc(C)c1)Sc1nnc(COc2ccc(C3CCCCC3)cc2)n1-c1ccccc1. The minimum absolute atomic E-state index is 0.168. The Kier molecular flexibility index (Phi) is 8.73. The number of nitrogens with zero attached hydrogens (tertiary/aromatic N) is 4. The molecule has 0 saturated heterocycles. The molecule has 4 aromatic rings. The second-order valence-corrected chi connectivity index (χ2v) is 10.8. The van der Waals surface area contributed by atoms with Crippen molar-refractivity contribution in [2.75, 3.05) is 5.43 Å². The Morgan fingerprint density at radius 2 is 1.77 bits per heavy atom. The van der Waals surface area contributed by atoms with Crippen LogP contribution in [0.1, 0.15) is 61.9 Å². The van der Waals surface area contributed by atoms with Gasteiger partial charge in [-0.05, 0) is 85.0 Å². The molecule has 0 bridgehead atoms. The second kappa shape index (κ2) is 12.8. The van der Waals surface area contributed by atoms with Crippen molar-refractivity contribution < 1.29 is 9.53 Å². The van der Waals surface area contributed by atoms with E-state index in [9.17, 15) is 4.79 Å². The molecule has 0 radical (unpaired) electrons. The third-order valence-corrected chi connectivity index (χ3v) is 7.85. The van der Waals surface area contributed by atoms with Gasteiger partial charge >= 0.3 is 0 Å². The van der Waals surface area contributed by atoms with Crippen molar-refractivity contribution in [2.45, 2.75) is 63.6 Å². The maximum absolute atomic E-state index is 12.5. The summed E-state index contributed by atoms with van der Waals surface area (Å²) in [5.74, 6) is 1.92. The summed E-state index contributed by atoms with van der Waals surface area (Å²) >= 11 is 1.17. The van der Waals surface area contributed by atoms with E-state index in [0.717, 1.165) is 22.7 Å². The van der Waals surface area contributed by atoms with Gasteiger partial charge in [0, 0.05) is 12.6 Å². The molecule has 1 aliphatic carbocycles. The average molecular weight is 540 g/mol. The Hall–Kier alpha value is -3.91. The number of carbonyl (C=O) groups is 1. The summed E-state index contributed by atoms with van der Waals surface area (Å²) in [6, 6.07) is 26.1. The normalized spacial score (nSPS) is 14.3. The highest BCUT2D eigenvalue weighted by molar-refractivity contribution is 8.15. The van der Waals surface area contributed by atoms with Gasteiger partial charge in [-0.2, -0.15) is 5.10 Å². The Morgan fingerprint density at radius 3 is 2.49 bits per heavy atom. The molecule has 0 aliphatic heterocycles. The van der Waals surface area contributed by atoms with E-state index < -0.39 is 0 Å². The van der Waals surface area contributed by atoms with E-state index in [1.807, 2.05) is 78.2 Å². The molecule has 7 nitrogen and oxygen atoms in total. The number of ether oxygens (including phenoxy) is 1. The number of hydrogen-bond acceptors (Lipinski definition) is 7. The second-order valence-electron chi connectivity index (χ2n) is 9.82. The van der Waals surface area contributed by atoms with E-state index in [-0.39, 0.29) is 17.4 Å². The summed E-state index contributed by atoms with van der Waals surface area (Å²) in [5, 5.41) is 14.0. The number of hydrazone groups is 1. The molecule has 0 spiro atoms. The molecule has 5 rings (SSSR count). The number of ketones is 1. The largest absolute Gasteiger partial charge is 0.486 e. The van der Waals surface area contributed by atoms with E-state index >= 15 is 0 Å². The molecule has 0 atom stereocenters. The van der Waals surface area contributed by atoms with Crippen LogP contribution in [0.25, 0.3) is 5.69 Å². The third-order valence-electron chi connectivity index (χ3n) is 6.83. The smallest absolute Gasteiger partial charge is 0.202 e. The van der Waals surface area contributed by atoms with Crippen LogP contribution in [0.4, 0.5) is 5.69 Å². The lowest BCUT2D eigenvalue weighted by molar-refractivity contribution is -0.110. The molecular formula is C31H33N5O2S. The summed E-state index contributed by atoms with van der Waals surface area (Å²) < 4.78 is 8.05. The number of para-hydroxylation sites is 1. The fraction of sp³-hybridized carbons (Fsp3) is 0.290. The quantitative estimate of drug-likeness (QED) is 0.104. The summed E-state index contributed by atoms with van der Waals surface area (Å²) in [7, 11) is 0. The first kappa shape index (κ1) is 26.7. The van der Waals surface area contributed by atoms with Crippen molar-refractivity contribution in [2.24, 2.45) is 5.10 Å². The Bertz CT molecular complexity index is 1430. The van der Waals surface area contributed by atoms with Crippen LogP contribution in [-0.4, -0.2) is 25.6 Å². The molecule has 39 heavy (non-hydrogen) atoms. The van der Waals surface area contributed by atoms with Gasteiger partial charge in [0.15, 0.2) is 16.7 Å². The fourth-order valence-electron chi connectivity index (χ4n) is 4.81. The maximum Gasteiger partial charge on any atom is 0.202 e. The lowest BCUT2D eigenvalue weighted by atomic mass is 9.84. The number of thioether (sulfide) groups is 1. The highest BCUT2D eigenvalue weighted by Gasteiger charge is 2.20. The minimum Gasteiger partial charge on any atom is -0.486 e. The lowest BCUT2D eigenvalue weighted by Gasteiger charge is -2.22. The summed E-state index contributed by atoms with van der Waals surface area (Å²) in [6.07, 6.45) is 6.52. The molecule has 1 aromatic heterocycles. The van der Waals surface area contributed by atoms with Crippen LogP contribution in [0.3, 0.4) is 0 Å². The van der Waals surface area contributed by atoms with Gasteiger partial charge in [0.2, 0.25) is 5.16 Å². The highest BCUT2D eigenvalue weighted by Crippen LogP contribution is 2.33. The van der Waals surface area contributed by atoms with E-state index in [2.05, 4.69) is 32.9 Å². The molecule has 0 amide bonds. The number of aromatic nitrogens is 3. The molecule has 8 heteroatoms. The van der Waals surface area contributed by atoms with Crippen molar-refractivity contribution in [3.8, 4) is 11.4 Å². The molecule has 1 N–H and O–H groups in total. The summed E-state index contributed by atoms with van der Waals surface area (Å²) in [6.45, 7) is 3.74. The van der Waals surface area contributed by atoms with Crippen LogP contribution in [0.5, 0.6) is 5.75 Å². The number of carbonyl (C=O) groups excluding carboxylic acids is 1. The Labute approximate surface area is 233 Å². The first-order chi connectivity index (χ1) is 19.1. The van der Waals surface area contributed by atoms with Crippen molar-refractivity contribution in [3.05, 3.63) is 95.8 Å². The van der Waals surface area contributed by atoms with E-state index in [1.54, 1.807) is 0 Å². The maximum atomic E-state index is 12.5. The van der Waals surface area contributed by atoms with Gasteiger partial charge in [0.1, 0.15) is 12.4 Å². The van der Waals surface area contributed by atoms with Crippen LogP contribution in [0.2, 0.25) is 0 Å². The predicted octanol–water partition coefficient (Wildman–Crippen LogP) is 7.31. The van der Waals surface area contributed by atoms with E-state index in [0.29, 0.717) is 16.9 Å². The molecular weight excluding hydrogens is 506 g/mol. The first-order valence-corrected chi connectivity index (χ1v) is 14.2. The lowest BCUT2D eigenvalue weighted by Crippen LogP contribution is -2.11. The number of aryl methyl sites for hydroxylation is 1. The molecule has 1 fully saturated rings. The molecule has 1 aliphatic rings. The average Bonchev–Trinajstić information content (AvgIpc) is 3.37. The first-order valence-electron chi connectivity index (χ1n) is 13.4. The molecule has 0 unspecified atom stereocenters. The number of anilines is 1. The zero-order valence-electron chi connectivity index (χ0n) is 22.3. The Morgan fingerprint density at radius 1 is 1.00 bits per heavy atom. The Balaban J connectivity index is 1.35. The molecule has 3 aromatic carbocycles. The van der Waals surface area contributed by atoms with Gasteiger partial charge in [-0.15, -0.1) is 10.2 Å². The number of nitrogens with one attached hydrogen (secondary N) is 1. The molecule has 1 saturated carbocycles. The standard InChI is InChI=1S/C31H33N5O2S/c1-22-10-9-13-26(20-22)32-34-30(23(2)37)39-31-35-33-29(36(31)27-14-7-4-8-15-27)21-38-28-18-16-25(17-19-28)24-11-5-3-6-12-24/h4,7-10,13-20,24,32H,3,5-6,11-12,21H2,1-2H3/b34-30+. The third kappa shape index (κ3) is 6.95. The number of benzene rings is 3. The molecule has 1 heterocycles. The van der Waals surface area contributed by atoms with Gasteiger partial charge in [-0.3, -0.25) is 14.8 Å². The summed E-state index contributed by atoms with van der Waals surface area (Å²) in [4.78, 5) is 12.5. The van der Waals surface area contributed by atoms with Crippen molar-refractivity contribution in [1.29, 1.82) is 0 Å². The van der Waals surface area contributed by atoms with Gasteiger partial charge in [-0.1, -0.05) is 61.7 Å². The fourth-order valence-corrected chi connectivity index (χ4v) is 5.60. The zero-order chi connectivity index (χ0) is 27.0. The zero-order valence-corrected chi connectivity index (χ0v) is 23.2. The minimum atomic E-state index is -0.168. The van der Waals surface area contributed by atoms with E-state index in [4.69, 9.17) is 4.74 Å². The number of Topliss-reactive ketones (excluding diaryl/α,β-unsaturated/α-hetero) is 1. The topological polar surface area (TPSA) is 81.4 Å². The van der Waals surface area contributed by atoms with Crippen LogP contribution < -0.4 is 10.2 Å². The van der Waals surface area contributed by atoms with Crippen LogP contribution in [-0.2, 0) is 11.4 Å². The monoisotopic (exact) mass is 539 g/mol. The van der Waals surface area contributed by atoms with E-state index in [1.165, 1.54) is 56.4 Å². The van der Waals surface area contributed by atoms with Crippen molar-refractivity contribution >= 4 is 28.3 Å². The van der Waals surface area contributed by atoms with Gasteiger partial charge < -0.3 is 4.74 Å². The van der Waals surface area contributed by atoms with Crippen LogP contribution in [0, 0.1) is 6.92 Å².